The van der Waals surface area contributed by atoms with Crippen molar-refractivity contribution in [2.45, 2.75) is 39.8 Å². The lowest BCUT2D eigenvalue weighted by Crippen LogP contribution is -2.07. The number of aromatic nitrogens is 2. The molecule has 2 N–H and O–H groups in total. The van der Waals surface area contributed by atoms with Crippen molar-refractivity contribution in [2.75, 3.05) is 6.54 Å². The number of rotatable bonds is 7. The largest absolute Gasteiger partial charge is 0.487 e. The van der Waals surface area contributed by atoms with E-state index < -0.39 is 0 Å². The summed E-state index contributed by atoms with van der Waals surface area (Å²) in [6.07, 6.45) is 1.78. The zero-order valence-corrected chi connectivity index (χ0v) is 14.2. The maximum atomic E-state index is 5.93. The van der Waals surface area contributed by atoms with E-state index in [-0.39, 0.29) is 0 Å². The van der Waals surface area contributed by atoms with E-state index in [0.717, 1.165) is 41.0 Å². The molecule has 0 aliphatic rings. The number of nitrogens with zero attached hydrogens (tertiary/aromatic N) is 2. The molecule has 1 aromatic heterocycles. The van der Waals surface area contributed by atoms with Gasteiger partial charge in [-0.3, -0.25) is 4.68 Å². The van der Waals surface area contributed by atoms with E-state index in [2.05, 4.69) is 40.9 Å². The lowest BCUT2D eigenvalue weighted by atomic mass is 10.1. The van der Waals surface area contributed by atoms with Crippen molar-refractivity contribution in [3.63, 3.8) is 0 Å². The first-order chi connectivity index (χ1) is 10.2. The first kappa shape index (κ1) is 16.0. The molecule has 0 aliphatic heterocycles. The van der Waals surface area contributed by atoms with Crippen LogP contribution in [0.15, 0.2) is 28.7 Å². The quantitative estimate of drug-likeness (QED) is 0.832. The first-order valence-corrected chi connectivity index (χ1v) is 8.14. The van der Waals surface area contributed by atoms with E-state index in [0.29, 0.717) is 13.2 Å². The molecule has 0 saturated heterocycles. The Bertz CT molecular complexity index is 595. The van der Waals surface area contributed by atoms with Gasteiger partial charge in [-0.25, -0.2) is 0 Å². The summed E-state index contributed by atoms with van der Waals surface area (Å²) in [6.45, 7) is 6.19. The highest BCUT2D eigenvalue weighted by Gasteiger charge is 2.14. The SMILES string of the molecule is CCc1nn(CC)c(COc2cccc(CCN)c2)c1Br. The fraction of sp³-hybridized carbons (Fsp3) is 0.438. The molecule has 0 radical (unpaired) electrons. The van der Waals surface area contributed by atoms with Crippen LogP contribution in [0.1, 0.15) is 30.8 Å². The standard InChI is InChI=1S/C16H22BrN3O/c1-3-14-16(17)15(20(4-2)19-14)11-21-13-7-5-6-12(10-13)8-9-18/h5-7,10H,3-4,8-9,11,18H2,1-2H3. The Morgan fingerprint density at radius 3 is 2.81 bits per heavy atom. The molecule has 5 heteroatoms. The molecule has 0 fully saturated rings. The minimum absolute atomic E-state index is 0.507. The van der Waals surface area contributed by atoms with Gasteiger partial charge in [0, 0.05) is 6.54 Å². The first-order valence-electron chi connectivity index (χ1n) is 7.35. The molecule has 0 aliphatic carbocycles. The van der Waals surface area contributed by atoms with Crippen molar-refractivity contribution in [1.82, 2.24) is 9.78 Å². The number of benzene rings is 1. The van der Waals surface area contributed by atoms with Crippen LogP contribution in [0.3, 0.4) is 0 Å². The van der Waals surface area contributed by atoms with Crippen molar-refractivity contribution < 1.29 is 4.74 Å². The number of ether oxygens (including phenoxy) is 1. The normalized spacial score (nSPS) is 10.9. The van der Waals surface area contributed by atoms with Crippen molar-refractivity contribution in [2.24, 2.45) is 5.73 Å². The molecule has 2 aromatic rings. The average Bonchev–Trinajstić information content (AvgIpc) is 2.81. The highest BCUT2D eigenvalue weighted by molar-refractivity contribution is 9.10. The molecule has 4 nitrogen and oxygen atoms in total. The highest BCUT2D eigenvalue weighted by atomic mass is 79.9. The van der Waals surface area contributed by atoms with E-state index in [9.17, 15) is 0 Å². The Hall–Kier alpha value is -1.33. The lowest BCUT2D eigenvalue weighted by molar-refractivity contribution is 0.291. The molecule has 1 aromatic carbocycles. The Kier molecular flexibility index (Phi) is 5.82. The van der Waals surface area contributed by atoms with Gasteiger partial charge in [0.15, 0.2) is 0 Å². The predicted octanol–water partition coefficient (Wildman–Crippen LogP) is 3.31. The Morgan fingerprint density at radius 2 is 2.14 bits per heavy atom. The van der Waals surface area contributed by atoms with E-state index in [1.807, 2.05) is 22.9 Å². The van der Waals surface area contributed by atoms with Gasteiger partial charge in [0.2, 0.25) is 0 Å². The summed E-state index contributed by atoms with van der Waals surface area (Å²) in [4.78, 5) is 0. The third kappa shape index (κ3) is 3.86. The lowest BCUT2D eigenvalue weighted by Gasteiger charge is -2.09. The monoisotopic (exact) mass is 351 g/mol. The van der Waals surface area contributed by atoms with Crippen molar-refractivity contribution in [3.8, 4) is 5.75 Å². The molecular formula is C16H22BrN3O. The molecule has 0 bridgehead atoms. The summed E-state index contributed by atoms with van der Waals surface area (Å²) in [7, 11) is 0. The van der Waals surface area contributed by atoms with Gasteiger partial charge >= 0.3 is 0 Å². The van der Waals surface area contributed by atoms with Crippen LogP contribution in [-0.2, 0) is 26.0 Å². The number of halogens is 1. The molecule has 0 spiro atoms. The third-order valence-corrected chi connectivity index (χ3v) is 4.32. The van der Waals surface area contributed by atoms with Crippen LogP contribution in [-0.4, -0.2) is 16.3 Å². The van der Waals surface area contributed by atoms with Crippen LogP contribution >= 0.6 is 15.9 Å². The Labute approximate surface area is 134 Å². The van der Waals surface area contributed by atoms with Crippen LogP contribution in [0.25, 0.3) is 0 Å². The molecule has 1 heterocycles. The fourth-order valence-corrected chi connectivity index (χ4v) is 2.94. The van der Waals surface area contributed by atoms with E-state index >= 15 is 0 Å². The molecule has 114 valence electrons. The number of aryl methyl sites for hydroxylation is 2. The predicted molar refractivity (Wildman–Crippen MR) is 88.5 cm³/mol. The topological polar surface area (TPSA) is 53.1 Å². The third-order valence-electron chi connectivity index (χ3n) is 3.40. The maximum absolute atomic E-state index is 5.93. The van der Waals surface area contributed by atoms with E-state index in [4.69, 9.17) is 10.5 Å². The van der Waals surface area contributed by atoms with Crippen LogP contribution < -0.4 is 10.5 Å². The minimum Gasteiger partial charge on any atom is -0.487 e. The molecule has 0 amide bonds. The second kappa shape index (κ2) is 7.61. The number of hydrogen-bond acceptors (Lipinski definition) is 3. The van der Waals surface area contributed by atoms with Gasteiger partial charge in [0.05, 0.1) is 15.9 Å². The maximum Gasteiger partial charge on any atom is 0.131 e. The summed E-state index contributed by atoms with van der Waals surface area (Å²) in [6, 6.07) is 8.10. The van der Waals surface area contributed by atoms with Crippen LogP contribution in [0, 0.1) is 0 Å². The Balaban J connectivity index is 2.12. The summed E-state index contributed by atoms with van der Waals surface area (Å²) >= 11 is 3.64. The van der Waals surface area contributed by atoms with Crippen molar-refractivity contribution in [3.05, 3.63) is 45.7 Å². The summed E-state index contributed by atoms with van der Waals surface area (Å²) in [5, 5.41) is 4.58. The smallest absolute Gasteiger partial charge is 0.131 e. The van der Waals surface area contributed by atoms with Crippen LogP contribution in [0.2, 0.25) is 0 Å². The molecular weight excluding hydrogens is 330 g/mol. The van der Waals surface area contributed by atoms with Crippen LogP contribution in [0.4, 0.5) is 0 Å². The zero-order chi connectivity index (χ0) is 15.2. The summed E-state index contributed by atoms with van der Waals surface area (Å²) in [5.41, 5.74) is 8.95. The minimum atomic E-state index is 0.507. The van der Waals surface area contributed by atoms with Gasteiger partial charge in [-0.15, -0.1) is 0 Å². The van der Waals surface area contributed by atoms with E-state index in [1.54, 1.807) is 0 Å². The van der Waals surface area contributed by atoms with Gasteiger partial charge in [0.1, 0.15) is 12.4 Å². The second-order valence-corrected chi connectivity index (χ2v) is 5.64. The molecule has 0 atom stereocenters. The second-order valence-electron chi connectivity index (χ2n) is 4.85. The van der Waals surface area contributed by atoms with E-state index in [1.165, 1.54) is 5.56 Å². The van der Waals surface area contributed by atoms with Crippen molar-refractivity contribution in [1.29, 1.82) is 0 Å². The van der Waals surface area contributed by atoms with Gasteiger partial charge in [-0.05, 0) is 59.9 Å². The average molecular weight is 352 g/mol. The van der Waals surface area contributed by atoms with Gasteiger partial charge < -0.3 is 10.5 Å². The zero-order valence-electron chi connectivity index (χ0n) is 12.6. The summed E-state index contributed by atoms with van der Waals surface area (Å²) < 4.78 is 8.98. The highest BCUT2D eigenvalue weighted by Crippen LogP contribution is 2.24. The van der Waals surface area contributed by atoms with Crippen molar-refractivity contribution >= 4 is 15.9 Å². The van der Waals surface area contributed by atoms with Gasteiger partial charge in [-0.2, -0.15) is 5.10 Å². The molecule has 2 rings (SSSR count). The Morgan fingerprint density at radius 1 is 1.33 bits per heavy atom. The van der Waals surface area contributed by atoms with Gasteiger partial charge in [0.25, 0.3) is 0 Å². The molecule has 0 saturated carbocycles. The van der Waals surface area contributed by atoms with Crippen LogP contribution in [0.5, 0.6) is 5.75 Å². The summed E-state index contributed by atoms with van der Waals surface area (Å²) in [5.74, 6) is 0.870. The molecule has 21 heavy (non-hydrogen) atoms. The molecule has 0 unspecified atom stereocenters. The van der Waals surface area contributed by atoms with Gasteiger partial charge in [-0.1, -0.05) is 19.1 Å². The number of hydrogen-bond donors (Lipinski definition) is 1. The fourth-order valence-electron chi connectivity index (χ4n) is 2.26. The number of nitrogens with two attached hydrogens (primary N) is 1.